The maximum Gasteiger partial charge on any atom is 0.335 e. The van der Waals surface area contributed by atoms with Crippen LogP contribution in [-0.4, -0.2) is 21.0 Å². The lowest BCUT2D eigenvalue weighted by Gasteiger charge is -2.08. The van der Waals surface area contributed by atoms with Crippen LogP contribution in [0.5, 0.6) is 11.6 Å². The Morgan fingerprint density at radius 2 is 2.11 bits per heavy atom. The molecular formula is C14H14N2O3. The number of carboxylic acid groups (broad SMARTS) is 1. The van der Waals surface area contributed by atoms with Crippen molar-refractivity contribution in [3.63, 3.8) is 0 Å². The van der Waals surface area contributed by atoms with Crippen molar-refractivity contribution in [3.05, 3.63) is 47.4 Å². The molecular weight excluding hydrogens is 244 g/mol. The first kappa shape index (κ1) is 13.0. The van der Waals surface area contributed by atoms with E-state index >= 15 is 0 Å². The second-order valence-corrected chi connectivity index (χ2v) is 4.09. The number of ether oxygens (including phenoxy) is 1. The van der Waals surface area contributed by atoms with Crippen LogP contribution in [0.3, 0.4) is 0 Å². The Balaban J connectivity index is 2.25. The van der Waals surface area contributed by atoms with Gasteiger partial charge in [-0.2, -0.15) is 0 Å². The monoisotopic (exact) mass is 258 g/mol. The van der Waals surface area contributed by atoms with Gasteiger partial charge in [0.2, 0.25) is 5.88 Å². The van der Waals surface area contributed by atoms with Gasteiger partial charge >= 0.3 is 5.97 Å². The fraction of sp³-hybridized carbons (Fsp3) is 0.214. The Labute approximate surface area is 110 Å². The van der Waals surface area contributed by atoms with Crippen molar-refractivity contribution in [1.29, 1.82) is 0 Å². The number of carbonyl (C=O) groups is 1. The molecule has 0 aliphatic rings. The summed E-state index contributed by atoms with van der Waals surface area (Å²) in [5, 5.41) is 8.90. The molecule has 1 aromatic heterocycles. The van der Waals surface area contributed by atoms with E-state index in [9.17, 15) is 4.79 Å². The summed E-state index contributed by atoms with van der Waals surface area (Å²) in [6, 6.07) is 6.48. The van der Waals surface area contributed by atoms with Gasteiger partial charge in [0.25, 0.3) is 0 Å². The maximum atomic E-state index is 10.8. The lowest BCUT2D eigenvalue weighted by atomic mass is 10.1. The third-order valence-corrected chi connectivity index (χ3v) is 2.70. The number of aromatic nitrogens is 2. The molecule has 19 heavy (non-hydrogen) atoms. The standard InChI is InChI=1S/C14H14N2O3/c1-3-11-7-13(16-8-15-11)19-12-5-4-10(14(17)18)6-9(12)2/h4-8H,3H2,1-2H3,(H,17,18). The zero-order valence-corrected chi connectivity index (χ0v) is 10.8. The zero-order valence-electron chi connectivity index (χ0n) is 10.8. The summed E-state index contributed by atoms with van der Waals surface area (Å²) in [6.07, 6.45) is 2.25. The summed E-state index contributed by atoms with van der Waals surface area (Å²) in [6.45, 7) is 3.79. The van der Waals surface area contributed by atoms with Gasteiger partial charge < -0.3 is 9.84 Å². The first-order valence-corrected chi connectivity index (χ1v) is 5.93. The zero-order chi connectivity index (χ0) is 13.8. The molecule has 0 fully saturated rings. The van der Waals surface area contributed by atoms with E-state index in [2.05, 4.69) is 9.97 Å². The van der Waals surface area contributed by atoms with Crippen molar-refractivity contribution in [2.75, 3.05) is 0 Å². The first-order chi connectivity index (χ1) is 9.10. The summed E-state index contributed by atoms with van der Waals surface area (Å²) in [5.41, 5.74) is 1.88. The van der Waals surface area contributed by atoms with E-state index in [1.54, 1.807) is 25.1 Å². The average molecular weight is 258 g/mol. The lowest BCUT2D eigenvalue weighted by molar-refractivity contribution is 0.0697. The summed E-state index contributed by atoms with van der Waals surface area (Å²) < 4.78 is 5.64. The predicted molar refractivity (Wildman–Crippen MR) is 69.6 cm³/mol. The van der Waals surface area contributed by atoms with Gasteiger partial charge in [-0.15, -0.1) is 0 Å². The molecule has 2 aromatic rings. The molecule has 1 aromatic carbocycles. The number of rotatable bonds is 4. The number of hydrogen-bond acceptors (Lipinski definition) is 4. The van der Waals surface area contributed by atoms with E-state index in [0.29, 0.717) is 11.6 Å². The topological polar surface area (TPSA) is 72.3 Å². The molecule has 0 aliphatic heterocycles. The van der Waals surface area contributed by atoms with Crippen molar-refractivity contribution < 1.29 is 14.6 Å². The summed E-state index contributed by atoms with van der Waals surface area (Å²) in [4.78, 5) is 19.0. The van der Waals surface area contributed by atoms with Crippen LogP contribution in [0.25, 0.3) is 0 Å². The molecule has 0 radical (unpaired) electrons. The molecule has 0 aliphatic carbocycles. The number of carboxylic acids is 1. The highest BCUT2D eigenvalue weighted by atomic mass is 16.5. The van der Waals surface area contributed by atoms with Crippen LogP contribution in [0.1, 0.15) is 28.5 Å². The van der Waals surface area contributed by atoms with Gasteiger partial charge in [-0.25, -0.2) is 14.8 Å². The summed E-state index contributed by atoms with van der Waals surface area (Å²) in [5.74, 6) is 0.0914. The van der Waals surface area contributed by atoms with Gasteiger partial charge in [0.15, 0.2) is 0 Å². The molecule has 0 unspecified atom stereocenters. The fourth-order valence-corrected chi connectivity index (χ4v) is 1.64. The van der Waals surface area contributed by atoms with E-state index in [1.165, 1.54) is 12.4 Å². The van der Waals surface area contributed by atoms with Crippen molar-refractivity contribution in [2.24, 2.45) is 0 Å². The van der Waals surface area contributed by atoms with E-state index in [-0.39, 0.29) is 5.56 Å². The van der Waals surface area contributed by atoms with Crippen molar-refractivity contribution >= 4 is 5.97 Å². The smallest absolute Gasteiger partial charge is 0.335 e. The normalized spacial score (nSPS) is 10.2. The lowest BCUT2D eigenvalue weighted by Crippen LogP contribution is -1.98. The molecule has 0 saturated heterocycles. The molecule has 2 rings (SSSR count). The van der Waals surface area contributed by atoms with Crippen LogP contribution in [0.2, 0.25) is 0 Å². The van der Waals surface area contributed by atoms with Crippen LogP contribution in [0.4, 0.5) is 0 Å². The SMILES string of the molecule is CCc1cc(Oc2ccc(C(=O)O)cc2C)ncn1. The Hall–Kier alpha value is -2.43. The molecule has 1 N–H and O–H groups in total. The minimum absolute atomic E-state index is 0.238. The summed E-state index contributed by atoms with van der Waals surface area (Å²) >= 11 is 0. The Kier molecular flexibility index (Phi) is 3.75. The number of aromatic carboxylic acids is 1. The average Bonchev–Trinajstić information content (AvgIpc) is 2.41. The van der Waals surface area contributed by atoms with Crippen LogP contribution < -0.4 is 4.74 Å². The van der Waals surface area contributed by atoms with Crippen LogP contribution in [-0.2, 0) is 6.42 Å². The van der Waals surface area contributed by atoms with Gasteiger partial charge in [-0.1, -0.05) is 6.92 Å². The van der Waals surface area contributed by atoms with Gasteiger partial charge in [-0.05, 0) is 37.1 Å². The molecule has 5 heteroatoms. The van der Waals surface area contributed by atoms with Crippen LogP contribution in [0.15, 0.2) is 30.6 Å². The fourth-order valence-electron chi connectivity index (χ4n) is 1.64. The molecule has 1 heterocycles. The first-order valence-electron chi connectivity index (χ1n) is 5.93. The van der Waals surface area contributed by atoms with E-state index in [4.69, 9.17) is 9.84 Å². The van der Waals surface area contributed by atoms with Gasteiger partial charge in [0.05, 0.1) is 5.56 Å². The highest BCUT2D eigenvalue weighted by Gasteiger charge is 2.08. The Bertz CT molecular complexity index is 611. The molecule has 0 atom stereocenters. The number of benzene rings is 1. The van der Waals surface area contributed by atoms with Crippen molar-refractivity contribution in [3.8, 4) is 11.6 Å². The molecule has 0 spiro atoms. The van der Waals surface area contributed by atoms with E-state index < -0.39 is 5.97 Å². The van der Waals surface area contributed by atoms with E-state index in [1.807, 2.05) is 6.92 Å². The minimum Gasteiger partial charge on any atom is -0.478 e. The highest BCUT2D eigenvalue weighted by Crippen LogP contribution is 2.24. The second-order valence-electron chi connectivity index (χ2n) is 4.09. The largest absolute Gasteiger partial charge is 0.478 e. The third-order valence-electron chi connectivity index (χ3n) is 2.70. The maximum absolute atomic E-state index is 10.8. The highest BCUT2D eigenvalue weighted by molar-refractivity contribution is 5.88. The predicted octanol–water partition coefficient (Wildman–Crippen LogP) is 2.84. The van der Waals surface area contributed by atoms with Gasteiger partial charge in [0, 0.05) is 11.8 Å². The number of aryl methyl sites for hydroxylation is 2. The molecule has 0 bridgehead atoms. The number of nitrogens with zero attached hydrogens (tertiary/aromatic N) is 2. The summed E-state index contributed by atoms with van der Waals surface area (Å²) in [7, 11) is 0. The molecule has 5 nitrogen and oxygen atoms in total. The molecule has 98 valence electrons. The third kappa shape index (κ3) is 3.07. The Morgan fingerprint density at radius 3 is 2.74 bits per heavy atom. The molecule has 0 amide bonds. The van der Waals surface area contributed by atoms with Crippen molar-refractivity contribution in [2.45, 2.75) is 20.3 Å². The molecule has 0 saturated carbocycles. The van der Waals surface area contributed by atoms with E-state index in [0.717, 1.165) is 17.7 Å². The van der Waals surface area contributed by atoms with Crippen molar-refractivity contribution in [1.82, 2.24) is 9.97 Å². The van der Waals surface area contributed by atoms with Gasteiger partial charge in [0.1, 0.15) is 12.1 Å². The van der Waals surface area contributed by atoms with Crippen LogP contribution in [0, 0.1) is 6.92 Å². The number of hydrogen-bond donors (Lipinski definition) is 1. The van der Waals surface area contributed by atoms with Crippen LogP contribution >= 0.6 is 0 Å². The second kappa shape index (κ2) is 5.48. The Morgan fingerprint density at radius 1 is 1.32 bits per heavy atom. The quantitative estimate of drug-likeness (QED) is 0.912. The van der Waals surface area contributed by atoms with Gasteiger partial charge in [-0.3, -0.25) is 0 Å². The minimum atomic E-state index is -0.954.